The molecule has 0 fully saturated rings. The van der Waals surface area contributed by atoms with Crippen molar-refractivity contribution < 1.29 is 4.79 Å². The molecule has 0 saturated carbocycles. The molecule has 0 radical (unpaired) electrons. The SMILES string of the molecule is O=C(CSc1cnccn1)c1ccc(Br)cc1. The van der Waals surface area contributed by atoms with Crippen LogP contribution in [0.3, 0.4) is 0 Å². The number of carbonyl (C=O) groups is 1. The van der Waals surface area contributed by atoms with E-state index in [1.54, 1.807) is 18.6 Å². The Labute approximate surface area is 112 Å². The van der Waals surface area contributed by atoms with E-state index < -0.39 is 0 Å². The Morgan fingerprint density at radius 2 is 2.00 bits per heavy atom. The minimum Gasteiger partial charge on any atom is -0.293 e. The molecule has 2 aromatic rings. The van der Waals surface area contributed by atoms with Gasteiger partial charge in [0.1, 0.15) is 5.03 Å². The average Bonchev–Trinajstić information content (AvgIpc) is 2.38. The topological polar surface area (TPSA) is 42.9 Å². The quantitative estimate of drug-likeness (QED) is 0.642. The van der Waals surface area contributed by atoms with Gasteiger partial charge in [-0.15, -0.1) is 0 Å². The fourth-order valence-electron chi connectivity index (χ4n) is 1.22. The van der Waals surface area contributed by atoms with Crippen molar-refractivity contribution in [3.05, 3.63) is 52.9 Å². The third kappa shape index (κ3) is 3.64. The summed E-state index contributed by atoms with van der Waals surface area (Å²) in [6.45, 7) is 0. The highest BCUT2D eigenvalue weighted by Gasteiger charge is 2.06. The molecule has 1 aromatic carbocycles. The predicted octanol–water partition coefficient (Wildman–Crippen LogP) is 3.21. The van der Waals surface area contributed by atoms with Gasteiger partial charge in [-0.1, -0.05) is 39.8 Å². The maximum Gasteiger partial charge on any atom is 0.173 e. The summed E-state index contributed by atoms with van der Waals surface area (Å²) < 4.78 is 0.968. The minimum absolute atomic E-state index is 0.0909. The second kappa shape index (κ2) is 5.93. The van der Waals surface area contributed by atoms with Crippen molar-refractivity contribution >= 4 is 33.5 Å². The van der Waals surface area contributed by atoms with Crippen molar-refractivity contribution in [1.82, 2.24) is 9.97 Å². The number of rotatable bonds is 4. The molecule has 0 aliphatic heterocycles. The lowest BCUT2D eigenvalue weighted by Gasteiger charge is -2.00. The molecule has 0 atom stereocenters. The Morgan fingerprint density at radius 3 is 2.65 bits per heavy atom. The van der Waals surface area contributed by atoms with Crippen LogP contribution in [0.1, 0.15) is 10.4 Å². The number of Topliss-reactive ketones (excluding diaryl/α,β-unsaturated/α-hetero) is 1. The summed E-state index contributed by atoms with van der Waals surface area (Å²) >= 11 is 4.73. The summed E-state index contributed by atoms with van der Waals surface area (Å²) in [4.78, 5) is 19.9. The van der Waals surface area contributed by atoms with E-state index in [1.165, 1.54) is 11.8 Å². The zero-order chi connectivity index (χ0) is 12.1. The third-order valence-electron chi connectivity index (χ3n) is 2.06. The number of halogens is 1. The van der Waals surface area contributed by atoms with Gasteiger partial charge >= 0.3 is 0 Å². The van der Waals surface area contributed by atoms with E-state index in [4.69, 9.17) is 0 Å². The van der Waals surface area contributed by atoms with Crippen LogP contribution in [0.4, 0.5) is 0 Å². The lowest BCUT2D eigenvalue weighted by atomic mass is 10.2. The molecule has 1 heterocycles. The van der Waals surface area contributed by atoms with Crippen molar-refractivity contribution in [3.63, 3.8) is 0 Å². The summed E-state index contributed by atoms with van der Waals surface area (Å²) in [5.41, 5.74) is 0.713. The first-order valence-electron chi connectivity index (χ1n) is 4.93. The second-order valence-corrected chi connectivity index (χ2v) is 5.17. The second-order valence-electron chi connectivity index (χ2n) is 3.26. The number of carbonyl (C=O) groups excluding carboxylic acids is 1. The highest BCUT2D eigenvalue weighted by molar-refractivity contribution is 9.10. The van der Waals surface area contributed by atoms with Gasteiger partial charge in [0, 0.05) is 22.4 Å². The molecule has 17 heavy (non-hydrogen) atoms. The standard InChI is InChI=1S/C12H9BrN2OS/c13-10-3-1-9(2-4-10)11(16)8-17-12-7-14-5-6-15-12/h1-7H,8H2. The summed E-state index contributed by atoms with van der Waals surface area (Å²) in [6, 6.07) is 7.34. The molecule has 0 unspecified atom stereocenters. The molecule has 86 valence electrons. The van der Waals surface area contributed by atoms with Crippen molar-refractivity contribution in [3.8, 4) is 0 Å². The fourth-order valence-corrected chi connectivity index (χ4v) is 2.20. The molecule has 0 bridgehead atoms. The lowest BCUT2D eigenvalue weighted by Crippen LogP contribution is -2.02. The van der Waals surface area contributed by atoms with Crippen LogP contribution in [0.5, 0.6) is 0 Å². The summed E-state index contributed by atoms with van der Waals surface area (Å²) in [5, 5.41) is 0.762. The predicted molar refractivity (Wildman–Crippen MR) is 71.2 cm³/mol. The highest BCUT2D eigenvalue weighted by atomic mass is 79.9. The van der Waals surface area contributed by atoms with Gasteiger partial charge < -0.3 is 0 Å². The first kappa shape index (κ1) is 12.3. The number of hydrogen-bond acceptors (Lipinski definition) is 4. The largest absolute Gasteiger partial charge is 0.293 e. The van der Waals surface area contributed by atoms with Crippen LogP contribution in [0, 0.1) is 0 Å². The van der Waals surface area contributed by atoms with Gasteiger partial charge in [0.05, 0.1) is 11.9 Å². The van der Waals surface area contributed by atoms with E-state index in [0.717, 1.165) is 9.50 Å². The molecular weight excluding hydrogens is 300 g/mol. The highest BCUT2D eigenvalue weighted by Crippen LogP contribution is 2.16. The van der Waals surface area contributed by atoms with Gasteiger partial charge in [0.15, 0.2) is 5.78 Å². The monoisotopic (exact) mass is 308 g/mol. The zero-order valence-corrected chi connectivity index (χ0v) is 11.2. The molecular formula is C12H9BrN2OS. The van der Waals surface area contributed by atoms with Crippen LogP contribution < -0.4 is 0 Å². The maximum absolute atomic E-state index is 11.8. The fraction of sp³-hybridized carbons (Fsp3) is 0.0833. The van der Waals surface area contributed by atoms with Crippen molar-refractivity contribution in [2.24, 2.45) is 0 Å². The van der Waals surface area contributed by atoms with Gasteiger partial charge in [-0.3, -0.25) is 9.78 Å². The van der Waals surface area contributed by atoms with Crippen LogP contribution in [0.25, 0.3) is 0 Å². The van der Waals surface area contributed by atoms with E-state index in [-0.39, 0.29) is 5.78 Å². The zero-order valence-electron chi connectivity index (χ0n) is 8.84. The maximum atomic E-state index is 11.8. The summed E-state index contributed by atoms with van der Waals surface area (Å²) in [5.74, 6) is 0.466. The number of aromatic nitrogens is 2. The molecule has 0 spiro atoms. The first-order valence-corrected chi connectivity index (χ1v) is 6.71. The number of ketones is 1. The molecule has 0 aliphatic rings. The molecule has 5 heteroatoms. The normalized spacial score (nSPS) is 10.2. The third-order valence-corrected chi connectivity index (χ3v) is 3.50. The molecule has 0 saturated heterocycles. The van der Waals surface area contributed by atoms with E-state index in [2.05, 4.69) is 25.9 Å². The van der Waals surface area contributed by atoms with Crippen LogP contribution in [-0.4, -0.2) is 21.5 Å². The van der Waals surface area contributed by atoms with Crippen molar-refractivity contribution in [2.75, 3.05) is 5.75 Å². The summed E-state index contributed by atoms with van der Waals surface area (Å²) in [6.07, 6.45) is 4.88. The number of nitrogens with zero attached hydrogens (tertiary/aromatic N) is 2. The van der Waals surface area contributed by atoms with Crippen molar-refractivity contribution in [2.45, 2.75) is 5.03 Å². The Kier molecular flexibility index (Phi) is 4.28. The van der Waals surface area contributed by atoms with Gasteiger partial charge in [-0.25, -0.2) is 4.98 Å². The van der Waals surface area contributed by atoms with Gasteiger partial charge in [0.2, 0.25) is 0 Å². The van der Waals surface area contributed by atoms with E-state index in [9.17, 15) is 4.79 Å². The molecule has 2 rings (SSSR count). The number of benzene rings is 1. The molecule has 0 amide bonds. The number of hydrogen-bond donors (Lipinski definition) is 0. The van der Waals surface area contributed by atoms with Gasteiger partial charge in [0.25, 0.3) is 0 Å². The van der Waals surface area contributed by atoms with E-state index in [1.807, 2.05) is 24.3 Å². The van der Waals surface area contributed by atoms with Gasteiger partial charge in [-0.05, 0) is 12.1 Å². The van der Waals surface area contributed by atoms with Crippen LogP contribution in [0.15, 0.2) is 52.4 Å². The summed E-state index contributed by atoms with van der Waals surface area (Å²) in [7, 11) is 0. The molecule has 0 N–H and O–H groups in total. The van der Waals surface area contributed by atoms with Crippen LogP contribution in [-0.2, 0) is 0 Å². The van der Waals surface area contributed by atoms with E-state index in [0.29, 0.717) is 11.3 Å². The van der Waals surface area contributed by atoms with Gasteiger partial charge in [-0.2, -0.15) is 0 Å². The number of thioether (sulfide) groups is 1. The Hall–Kier alpha value is -1.20. The van der Waals surface area contributed by atoms with Crippen LogP contribution in [0.2, 0.25) is 0 Å². The molecule has 0 aliphatic carbocycles. The van der Waals surface area contributed by atoms with Crippen LogP contribution >= 0.6 is 27.7 Å². The Bertz CT molecular complexity index is 502. The minimum atomic E-state index is 0.0909. The lowest BCUT2D eigenvalue weighted by molar-refractivity contribution is 0.102. The van der Waals surface area contributed by atoms with E-state index >= 15 is 0 Å². The Morgan fingerprint density at radius 1 is 1.24 bits per heavy atom. The molecule has 3 nitrogen and oxygen atoms in total. The van der Waals surface area contributed by atoms with Crippen molar-refractivity contribution in [1.29, 1.82) is 0 Å². The smallest absolute Gasteiger partial charge is 0.173 e. The average molecular weight is 309 g/mol. The molecule has 1 aromatic heterocycles. The first-order chi connectivity index (χ1) is 8.25. The Balaban J connectivity index is 1.96.